The molecule has 1 fully saturated rings. The van der Waals surface area contributed by atoms with E-state index in [-0.39, 0.29) is 24.0 Å². The monoisotopic (exact) mass is 333 g/mol. The topological polar surface area (TPSA) is 65.1 Å². The predicted molar refractivity (Wildman–Crippen MR) is 86.6 cm³/mol. The summed E-state index contributed by atoms with van der Waals surface area (Å²) in [6.45, 7) is 5.52. The number of ether oxygens (including phenoxy) is 3. The van der Waals surface area contributed by atoms with Gasteiger partial charge in [0.05, 0.1) is 18.1 Å². The van der Waals surface area contributed by atoms with Crippen molar-refractivity contribution >= 4 is 29.0 Å². The van der Waals surface area contributed by atoms with Gasteiger partial charge in [0.15, 0.2) is 11.5 Å². The summed E-state index contributed by atoms with van der Waals surface area (Å²) < 4.78 is 16.0. The number of carbonyl (C=O) groups is 2. The molecule has 3 rings (SSSR count). The lowest BCUT2D eigenvalue weighted by molar-refractivity contribution is -0.123. The number of thioether (sulfide) groups is 1. The number of hydrogen-bond acceptors (Lipinski definition) is 6. The van der Waals surface area contributed by atoms with Gasteiger partial charge in [-0.25, -0.2) is 0 Å². The molecule has 2 aliphatic rings. The zero-order valence-corrected chi connectivity index (χ0v) is 13.5. The second-order valence-electron chi connectivity index (χ2n) is 4.98. The Morgan fingerprint density at radius 2 is 2.04 bits per heavy atom. The highest BCUT2D eigenvalue weighted by atomic mass is 32.2. The molecule has 0 radical (unpaired) electrons. The molecule has 6 nitrogen and oxygen atoms in total. The maximum absolute atomic E-state index is 12.4. The summed E-state index contributed by atoms with van der Waals surface area (Å²) in [5.41, 5.74) is 0.647. The van der Waals surface area contributed by atoms with E-state index in [0.29, 0.717) is 27.7 Å². The van der Waals surface area contributed by atoms with E-state index in [9.17, 15) is 9.59 Å². The van der Waals surface area contributed by atoms with Gasteiger partial charge < -0.3 is 14.2 Å². The fraction of sp³-hybridized carbons (Fsp3) is 0.250. The summed E-state index contributed by atoms with van der Waals surface area (Å²) >= 11 is 0.896. The van der Waals surface area contributed by atoms with Crippen molar-refractivity contribution in [3.8, 4) is 17.2 Å². The Balaban J connectivity index is 1.98. The molecule has 1 atom stereocenters. The molecule has 0 N–H and O–H groups in total. The maximum Gasteiger partial charge on any atom is 0.294 e. The van der Waals surface area contributed by atoms with E-state index < -0.39 is 0 Å². The van der Waals surface area contributed by atoms with Crippen molar-refractivity contribution in [1.29, 1.82) is 0 Å². The van der Waals surface area contributed by atoms with E-state index in [4.69, 9.17) is 14.2 Å². The number of rotatable bonds is 4. The highest BCUT2D eigenvalue weighted by molar-refractivity contribution is 8.18. The van der Waals surface area contributed by atoms with Crippen molar-refractivity contribution < 1.29 is 23.8 Å². The van der Waals surface area contributed by atoms with Crippen LogP contribution < -0.4 is 14.2 Å². The molecule has 2 heterocycles. The van der Waals surface area contributed by atoms with Crippen LogP contribution in [0.1, 0.15) is 12.5 Å². The van der Waals surface area contributed by atoms with Gasteiger partial charge in [0.2, 0.25) is 6.79 Å². The summed E-state index contributed by atoms with van der Waals surface area (Å²) in [5, 5.41) is -0.312. The Morgan fingerprint density at radius 3 is 2.70 bits per heavy atom. The van der Waals surface area contributed by atoms with Crippen molar-refractivity contribution in [3.63, 3.8) is 0 Å². The van der Waals surface area contributed by atoms with Gasteiger partial charge in [0, 0.05) is 11.6 Å². The predicted octanol–water partition coefficient (Wildman–Crippen LogP) is 3.03. The molecule has 0 spiro atoms. The molecule has 2 aliphatic heterocycles. The van der Waals surface area contributed by atoms with Crippen LogP contribution in [0.2, 0.25) is 0 Å². The second kappa shape index (κ2) is 6.00. The highest BCUT2D eigenvalue weighted by Crippen LogP contribution is 2.41. The Hall–Kier alpha value is -2.41. The quantitative estimate of drug-likeness (QED) is 0.623. The van der Waals surface area contributed by atoms with Gasteiger partial charge in [-0.05, 0) is 30.8 Å². The molecule has 23 heavy (non-hydrogen) atoms. The van der Waals surface area contributed by atoms with Crippen LogP contribution in [0.3, 0.4) is 0 Å². The molecule has 1 aromatic rings. The van der Waals surface area contributed by atoms with Gasteiger partial charge in [0.1, 0.15) is 5.75 Å². The van der Waals surface area contributed by atoms with E-state index in [1.165, 1.54) is 12.0 Å². The highest BCUT2D eigenvalue weighted by Gasteiger charge is 2.37. The fourth-order valence-corrected chi connectivity index (χ4v) is 3.21. The summed E-state index contributed by atoms with van der Waals surface area (Å²) in [6, 6.07) is 3.07. The van der Waals surface area contributed by atoms with Gasteiger partial charge in [-0.3, -0.25) is 14.5 Å². The number of amides is 2. The van der Waals surface area contributed by atoms with Crippen LogP contribution in [0, 0.1) is 0 Å². The first-order valence-corrected chi connectivity index (χ1v) is 7.74. The Labute approximate surface area is 137 Å². The Bertz CT molecular complexity index is 727. The second-order valence-corrected chi connectivity index (χ2v) is 5.97. The van der Waals surface area contributed by atoms with Crippen LogP contribution in [0.25, 0.3) is 6.08 Å². The van der Waals surface area contributed by atoms with Crippen molar-refractivity contribution in [1.82, 2.24) is 4.90 Å². The maximum atomic E-state index is 12.4. The molecule has 1 saturated heterocycles. The molecule has 0 bridgehead atoms. The van der Waals surface area contributed by atoms with Crippen LogP contribution in [0.15, 0.2) is 29.7 Å². The minimum Gasteiger partial charge on any atom is -0.496 e. The van der Waals surface area contributed by atoms with Crippen molar-refractivity contribution in [3.05, 3.63) is 35.3 Å². The van der Waals surface area contributed by atoms with Crippen LogP contribution in [-0.2, 0) is 4.79 Å². The lowest BCUT2D eigenvalue weighted by atomic mass is 10.1. The first-order valence-electron chi connectivity index (χ1n) is 6.92. The third-order valence-electron chi connectivity index (χ3n) is 3.58. The third-order valence-corrected chi connectivity index (χ3v) is 4.47. The fourth-order valence-electron chi connectivity index (χ4n) is 2.31. The van der Waals surface area contributed by atoms with E-state index in [1.54, 1.807) is 31.2 Å². The molecule has 0 aliphatic carbocycles. The third kappa shape index (κ3) is 2.68. The molecule has 0 aromatic heterocycles. The summed E-state index contributed by atoms with van der Waals surface area (Å²) in [4.78, 5) is 26.0. The van der Waals surface area contributed by atoms with Crippen molar-refractivity contribution in [2.45, 2.75) is 13.0 Å². The van der Waals surface area contributed by atoms with Gasteiger partial charge >= 0.3 is 0 Å². The van der Waals surface area contributed by atoms with Gasteiger partial charge in [0.25, 0.3) is 11.1 Å². The van der Waals surface area contributed by atoms with Gasteiger partial charge in [-0.1, -0.05) is 6.08 Å². The SMILES string of the molecule is C=C[C@@H](C)N1C(=O)S/C(=C/c2cc3c(cc2OC)OCO3)C1=O. The average Bonchev–Trinajstić information content (AvgIpc) is 3.10. The van der Waals surface area contributed by atoms with E-state index in [2.05, 4.69) is 6.58 Å². The molecule has 7 heteroatoms. The zero-order chi connectivity index (χ0) is 16.6. The smallest absolute Gasteiger partial charge is 0.294 e. The number of fused-ring (bicyclic) bond motifs is 1. The molecular weight excluding hydrogens is 318 g/mol. The minimum atomic E-state index is -0.355. The standard InChI is InChI=1S/C16H15NO5S/c1-4-9(2)17-15(18)14(23-16(17)19)6-10-5-12-13(22-8-21-12)7-11(10)20-3/h4-7,9H,1,8H2,2-3H3/b14-6+/t9-/m1/s1. The average molecular weight is 333 g/mol. The van der Waals surface area contributed by atoms with Crippen molar-refractivity contribution in [2.75, 3.05) is 13.9 Å². The van der Waals surface area contributed by atoms with Gasteiger partial charge in [-0.15, -0.1) is 6.58 Å². The normalized spacial score (nSPS) is 19.4. The number of nitrogens with zero attached hydrogens (tertiary/aromatic N) is 1. The van der Waals surface area contributed by atoms with Crippen LogP contribution in [0.5, 0.6) is 17.2 Å². The molecule has 0 saturated carbocycles. The summed E-state index contributed by atoms with van der Waals surface area (Å²) in [6.07, 6.45) is 3.18. The number of methoxy groups -OCH3 is 1. The first kappa shape index (κ1) is 15.5. The van der Waals surface area contributed by atoms with Crippen LogP contribution >= 0.6 is 11.8 Å². The lowest BCUT2D eigenvalue weighted by Crippen LogP contribution is -2.35. The minimum absolute atomic E-state index is 0.148. The molecule has 0 unspecified atom stereocenters. The summed E-state index contributed by atoms with van der Waals surface area (Å²) in [5.74, 6) is 1.37. The number of benzene rings is 1. The summed E-state index contributed by atoms with van der Waals surface area (Å²) in [7, 11) is 1.53. The number of hydrogen-bond donors (Lipinski definition) is 0. The van der Waals surface area contributed by atoms with Crippen molar-refractivity contribution in [2.24, 2.45) is 0 Å². The van der Waals surface area contributed by atoms with Gasteiger partial charge in [-0.2, -0.15) is 0 Å². The Morgan fingerprint density at radius 1 is 1.35 bits per heavy atom. The molecular formula is C16H15NO5S. The van der Waals surface area contributed by atoms with E-state index in [0.717, 1.165) is 11.8 Å². The van der Waals surface area contributed by atoms with Crippen LogP contribution in [0.4, 0.5) is 4.79 Å². The molecule has 1 aromatic carbocycles. The van der Waals surface area contributed by atoms with E-state index in [1.807, 2.05) is 0 Å². The lowest BCUT2D eigenvalue weighted by Gasteiger charge is -2.17. The zero-order valence-electron chi connectivity index (χ0n) is 12.7. The Kier molecular flexibility index (Phi) is 4.04. The molecule has 2 amide bonds. The largest absolute Gasteiger partial charge is 0.496 e. The van der Waals surface area contributed by atoms with Crippen LogP contribution in [-0.4, -0.2) is 36.0 Å². The number of imide groups is 1. The first-order chi connectivity index (χ1) is 11.0. The van der Waals surface area contributed by atoms with E-state index >= 15 is 0 Å². The number of carbonyl (C=O) groups excluding carboxylic acids is 2. The molecule has 120 valence electrons.